The first-order valence-corrected chi connectivity index (χ1v) is 9.48. The zero-order valence-corrected chi connectivity index (χ0v) is 15.3. The molecule has 5 rings (SSSR count). The summed E-state index contributed by atoms with van der Waals surface area (Å²) in [7, 11) is 0. The fraction of sp³-hybridized carbons (Fsp3) is 0.333. The Morgan fingerprint density at radius 2 is 2.14 bits per heavy atom. The number of aliphatic hydroxyl groups excluding tert-OH is 1. The third-order valence-corrected chi connectivity index (χ3v) is 5.64. The molecule has 2 aliphatic heterocycles. The van der Waals surface area contributed by atoms with E-state index in [0.717, 1.165) is 42.8 Å². The van der Waals surface area contributed by atoms with Crippen molar-refractivity contribution in [3.63, 3.8) is 0 Å². The summed E-state index contributed by atoms with van der Waals surface area (Å²) in [5.74, 6) is 2.18. The van der Waals surface area contributed by atoms with Crippen LogP contribution in [0, 0.1) is 5.41 Å². The van der Waals surface area contributed by atoms with Crippen molar-refractivity contribution < 1.29 is 19.4 Å². The van der Waals surface area contributed by atoms with Crippen LogP contribution in [0.4, 0.5) is 5.82 Å². The summed E-state index contributed by atoms with van der Waals surface area (Å²) in [5, 5.41) is 15.9. The molecule has 0 aromatic carbocycles. The number of anilines is 1. The first kappa shape index (κ1) is 16.9. The van der Waals surface area contributed by atoms with Crippen LogP contribution in [-0.4, -0.2) is 29.3 Å². The second-order valence-electron chi connectivity index (χ2n) is 7.35. The van der Waals surface area contributed by atoms with Crippen LogP contribution in [0.2, 0.25) is 0 Å². The van der Waals surface area contributed by atoms with Crippen molar-refractivity contribution in [2.45, 2.75) is 25.7 Å². The van der Waals surface area contributed by atoms with Crippen molar-refractivity contribution in [3.05, 3.63) is 65.1 Å². The number of aromatic nitrogens is 1. The number of pyridine rings is 1. The Morgan fingerprint density at radius 1 is 1.25 bits per heavy atom. The van der Waals surface area contributed by atoms with Crippen LogP contribution in [0.3, 0.4) is 0 Å². The van der Waals surface area contributed by atoms with Gasteiger partial charge in [-0.15, -0.1) is 0 Å². The Bertz CT molecular complexity index is 970. The highest BCUT2D eigenvalue weighted by Gasteiger charge is 2.53. The molecule has 0 spiro atoms. The molecule has 3 N–H and O–H groups in total. The van der Waals surface area contributed by atoms with E-state index in [-0.39, 0.29) is 18.6 Å². The summed E-state index contributed by atoms with van der Waals surface area (Å²) in [5.41, 5.74) is 1.84. The molecule has 1 fully saturated rings. The number of nitrogens with zero attached hydrogens (tertiary/aromatic N) is 1. The minimum atomic E-state index is -0.476. The first-order chi connectivity index (χ1) is 13.7. The minimum absolute atomic E-state index is 0.0399. The van der Waals surface area contributed by atoms with E-state index in [2.05, 4.69) is 15.6 Å². The molecule has 3 heterocycles. The molecule has 7 heteroatoms. The monoisotopic (exact) mass is 379 g/mol. The molecule has 0 radical (unpaired) electrons. The number of dihydropyridines is 1. The van der Waals surface area contributed by atoms with Gasteiger partial charge in [0.05, 0.1) is 16.7 Å². The van der Waals surface area contributed by atoms with Gasteiger partial charge in [-0.3, -0.25) is 4.79 Å². The number of carbonyl (C=O) groups excluding carboxylic acids is 1. The summed E-state index contributed by atoms with van der Waals surface area (Å²) in [6.07, 6.45) is 8.94. The maximum Gasteiger partial charge on any atom is 0.235 e. The van der Waals surface area contributed by atoms with E-state index in [1.807, 2.05) is 24.3 Å². The van der Waals surface area contributed by atoms with Crippen molar-refractivity contribution in [2.24, 2.45) is 5.41 Å². The largest absolute Gasteiger partial charge is 0.494 e. The molecule has 1 amide bonds. The molecule has 0 bridgehead atoms. The lowest BCUT2D eigenvalue weighted by Crippen LogP contribution is -2.27. The van der Waals surface area contributed by atoms with Crippen molar-refractivity contribution in [3.8, 4) is 0 Å². The zero-order valence-electron chi connectivity index (χ0n) is 15.3. The van der Waals surface area contributed by atoms with Gasteiger partial charge < -0.3 is 25.2 Å². The highest BCUT2D eigenvalue weighted by Crippen LogP contribution is 2.55. The molecule has 0 atom stereocenters. The smallest absolute Gasteiger partial charge is 0.235 e. The standard InChI is InChI=1S/C21H21N3O4/c25-19-14(3-2-10-22-19)15-4-1-5-18(23-15)24-20(26)21(8-9-21)13-6-7-16-17(11-13)28-12-27-16/h1-5,11,22,25H,6-10,12H2,(H,23,24,26). The average molecular weight is 379 g/mol. The summed E-state index contributed by atoms with van der Waals surface area (Å²) >= 11 is 0. The predicted octanol–water partition coefficient (Wildman–Crippen LogP) is 3.12. The van der Waals surface area contributed by atoms with Gasteiger partial charge in [-0.2, -0.15) is 0 Å². The van der Waals surface area contributed by atoms with Crippen LogP contribution in [0.1, 0.15) is 31.4 Å². The summed E-state index contributed by atoms with van der Waals surface area (Å²) in [6.45, 7) is 0.840. The maximum atomic E-state index is 13.1. The van der Waals surface area contributed by atoms with Crippen LogP contribution in [0.15, 0.2) is 59.4 Å². The molecule has 1 aromatic rings. The van der Waals surface area contributed by atoms with Crippen LogP contribution in [0.5, 0.6) is 0 Å². The number of ether oxygens (including phenoxy) is 2. The lowest BCUT2D eigenvalue weighted by molar-refractivity contribution is -0.120. The van der Waals surface area contributed by atoms with Gasteiger partial charge in [0.2, 0.25) is 12.7 Å². The third-order valence-electron chi connectivity index (χ3n) is 5.64. The molecule has 7 nitrogen and oxygen atoms in total. The van der Waals surface area contributed by atoms with Gasteiger partial charge in [0, 0.05) is 13.0 Å². The SMILES string of the molecule is O=C(Nc1cccc(C2=C(O)NCC=C2)n1)C1(C2=CC3=C(CC2)OCO3)CC1. The highest BCUT2D eigenvalue weighted by atomic mass is 16.7. The molecule has 4 aliphatic rings. The fourth-order valence-corrected chi connectivity index (χ4v) is 3.91. The van der Waals surface area contributed by atoms with Gasteiger partial charge in [0.25, 0.3) is 0 Å². The Balaban J connectivity index is 1.36. The average Bonchev–Trinajstić information content (AvgIpc) is 3.40. The van der Waals surface area contributed by atoms with Gasteiger partial charge in [0.15, 0.2) is 11.6 Å². The second-order valence-corrected chi connectivity index (χ2v) is 7.35. The van der Waals surface area contributed by atoms with Gasteiger partial charge in [-0.1, -0.05) is 17.7 Å². The van der Waals surface area contributed by atoms with E-state index in [0.29, 0.717) is 23.6 Å². The Labute approximate surface area is 162 Å². The number of aliphatic hydroxyl groups is 1. The van der Waals surface area contributed by atoms with Crippen LogP contribution in [0.25, 0.3) is 5.57 Å². The maximum absolute atomic E-state index is 13.1. The van der Waals surface area contributed by atoms with E-state index < -0.39 is 5.41 Å². The molecule has 0 saturated heterocycles. The number of rotatable bonds is 4. The van der Waals surface area contributed by atoms with Gasteiger partial charge in [-0.25, -0.2) is 4.98 Å². The Kier molecular flexibility index (Phi) is 3.89. The molecule has 28 heavy (non-hydrogen) atoms. The van der Waals surface area contributed by atoms with Gasteiger partial charge >= 0.3 is 0 Å². The van der Waals surface area contributed by atoms with Crippen molar-refractivity contribution >= 4 is 17.3 Å². The van der Waals surface area contributed by atoms with Crippen molar-refractivity contribution in [2.75, 3.05) is 18.7 Å². The Morgan fingerprint density at radius 3 is 2.96 bits per heavy atom. The van der Waals surface area contributed by atoms with E-state index in [1.165, 1.54) is 0 Å². The molecule has 1 aromatic heterocycles. The predicted molar refractivity (Wildman–Crippen MR) is 103 cm³/mol. The number of hydrogen-bond acceptors (Lipinski definition) is 6. The number of nitrogens with one attached hydrogen (secondary N) is 2. The van der Waals surface area contributed by atoms with E-state index in [1.54, 1.807) is 12.1 Å². The van der Waals surface area contributed by atoms with Crippen LogP contribution in [-0.2, 0) is 14.3 Å². The van der Waals surface area contributed by atoms with Gasteiger partial charge in [0.1, 0.15) is 11.6 Å². The van der Waals surface area contributed by atoms with E-state index in [4.69, 9.17) is 9.47 Å². The normalized spacial score (nSPS) is 21.9. The van der Waals surface area contributed by atoms with E-state index >= 15 is 0 Å². The number of amides is 1. The molecular formula is C21H21N3O4. The van der Waals surface area contributed by atoms with Crippen molar-refractivity contribution in [1.82, 2.24) is 10.3 Å². The second kappa shape index (κ2) is 6.44. The topological polar surface area (TPSA) is 92.7 Å². The van der Waals surface area contributed by atoms with Crippen molar-refractivity contribution in [1.29, 1.82) is 0 Å². The fourth-order valence-electron chi connectivity index (χ4n) is 3.91. The summed E-state index contributed by atoms with van der Waals surface area (Å²) < 4.78 is 10.9. The number of carbonyl (C=O) groups is 1. The molecule has 1 saturated carbocycles. The molecule has 2 aliphatic carbocycles. The Hall–Kier alpha value is -3.22. The molecule has 144 valence electrons. The molecular weight excluding hydrogens is 358 g/mol. The highest BCUT2D eigenvalue weighted by molar-refractivity contribution is 5.99. The van der Waals surface area contributed by atoms with Crippen LogP contribution < -0.4 is 10.6 Å². The number of allylic oxidation sites excluding steroid dienone is 4. The summed E-state index contributed by atoms with van der Waals surface area (Å²) in [6, 6.07) is 5.39. The molecule has 0 unspecified atom stereocenters. The quantitative estimate of drug-likeness (QED) is 0.744. The minimum Gasteiger partial charge on any atom is -0.494 e. The lowest BCUT2D eigenvalue weighted by atomic mass is 9.87. The zero-order chi connectivity index (χ0) is 19.1. The van der Waals surface area contributed by atoms with Crippen LogP contribution >= 0.6 is 0 Å². The third kappa shape index (κ3) is 2.83. The lowest BCUT2D eigenvalue weighted by Gasteiger charge is -2.21. The van der Waals surface area contributed by atoms with Gasteiger partial charge in [-0.05, 0) is 43.5 Å². The van der Waals surface area contributed by atoms with E-state index in [9.17, 15) is 9.90 Å². The first-order valence-electron chi connectivity index (χ1n) is 9.48. The number of hydrogen-bond donors (Lipinski definition) is 3. The summed E-state index contributed by atoms with van der Waals surface area (Å²) in [4.78, 5) is 17.6.